The highest BCUT2D eigenvalue weighted by molar-refractivity contribution is 9.10. The predicted molar refractivity (Wildman–Crippen MR) is 92.2 cm³/mol. The van der Waals surface area contributed by atoms with Gasteiger partial charge in [-0.15, -0.1) is 5.10 Å². The molecule has 0 atom stereocenters. The standard InChI is InChI=1S/C16H19BrN4O4/c1-3-8-21-15(18-19-20-21)10-25-16(23)7-5-13(22)12-9-11(17)4-6-14(12)24-2/h4,6,9H,3,5,7-8,10H2,1-2H3. The molecule has 1 aromatic carbocycles. The van der Waals surface area contributed by atoms with E-state index < -0.39 is 5.97 Å². The summed E-state index contributed by atoms with van der Waals surface area (Å²) in [5.74, 6) is 0.287. The van der Waals surface area contributed by atoms with Crippen LogP contribution in [0.5, 0.6) is 5.75 Å². The van der Waals surface area contributed by atoms with Crippen LogP contribution < -0.4 is 4.74 Å². The molecule has 1 heterocycles. The fourth-order valence-corrected chi connectivity index (χ4v) is 2.54. The van der Waals surface area contributed by atoms with Crippen LogP contribution in [0.15, 0.2) is 22.7 Å². The lowest BCUT2D eigenvalue weighted by Gasteiger charge is -2.08. The number of carbonyl (C=O) groups excluding carboxylic acids is 2. The van der Waals surface area contributed by atoms with Gasteiger partial charge in [-0.3, -0.25) is 9.59 Å². The van der Waals surface area contributed by atoms with Crippen molar-refractivity contribution in [3.05, 3.63) is 34.1 Å². The Bertz CT molecular complexity index is 747. The highest BCUT2D eigenvalue weighted by Crippen LogP contribution is 2.24. The van der Waals surface area contributed by atoms with Crippen LogP contribution in [-0.4, -0.2) is 39.1 Å². The zero-order valence-corrected chi connectivity index (χ0v) is 15.7. The summed E-state index contributed by atoms with van der Waals surface area (Å²) in [4.78, 5) is 24.2. The van der Waals surface area contributed by atoms with Gasteiger partial charge in [-0.05, 0) is 35.0 Å². The van der Waals surface area contributed by atoms with Gasteiger partial charge in [0.05, 0.1) is 19.1 Å². The number of nitrogens with zero attached hydrogens (tertiary/aromatic N) is 4. The zero-order valence-electron chi connectivity index (χ0n) is 14.1. The Labute approximate surface area is 153 Å². The first kappa shape index (κ1) is 19.0. The molecular formula is C16H19BrN4O4. The van der Waals surface area contributed by atoms with Gasteiger partial charge in [0.15, 0.2) is 18.2 Å². The number of ketones is 1. The summed E-state index contributed by atoms with van der Waals surface area (Å²) in [5.41, 5.74) is 0.427. The Morgan fingerprint density at radius 1 is 1.28 bits per heavy atom. The van der Waals surface area contributed by atoms with Crippen LogP contribution in [-0.2, 0) is 22.7 Å². The highest BCUT2D eigenvalue weighted by Gasteiger charge is 2.16. The molecule has 0 saturated carbocycles. The van der Waals surface area contributed by atoms with Gasteiger partial charge in [-0.1, -0.05) is 22.9 Å². The summed E-state index contributed by atoms with van der Waals surface area (Å²) in [6.07, 6.45) is 0.879. The fraction of sp³-hybridized carbons (Fsp3) is 0.438. The molecule has 0 aliphatic carbocycles. The number of Topliss-reactive ketones (excluding diaryl/α,β-unsaturated/α-hetero) is 1. The molecule has 1 aromatic heterocycles. The molecule has 8 nitrogen and oxygen atoms in total. The Balaban J connectivity index is 1.86. The molecule has 0 bridgehead atoms. The molecule has 0 amide bonds. The van der Waals surface area contributed by atoms with Crippen LogP contribution in [0.3, 0.4) is 0 Å². The van der Waals surface area contributed by atoms with Crippen molar-refractivity contribution in [1.82, 2.24) is 20.2 Å². The van der Waals surface area contributed by atoms with Crippen LogP contribution in [0.1, 0.15) is 42.4 Å². The van der Waals surface area contributed by atoms with Gasteiger partial charge in [0, 0.05) is 17.4 Å². The van der Waals surface area contributed by atoms with Crippen molar-refractivity contribution in [2.75, 3.05) is 7.11 Å². The molecule has 9 heteroatoms. The summed E-state index contributed by atoms with van der Waals surface area (Å²) in [5, 5.41) is 11.2. The molecule has 0 N–H and O–H groups in total. The van der Waals surface area contributed by atoms with E-state index in [1.165, 1.54) is 7.11 Å². The number of tetrazole rings is 1. The molecule has 0 aliphatic rings. The van der Waals surface area contributed by atoms with Gasteiger partial charge < -0.3 is 9.47 Å². The van der Waals surface area contributed by atoms with Gasteiger partial charge in [0.25, 0.3) is 0 Å². The Kier molecular flexibility index (Phi) is 7.05. The predicted octanol–water partition coefficient (Wildman–Crippen LogP) is 2.56. The number of ether oxygens (including phenoxy) is 2. The maximum absolute atomic E-state index is 12.3. The van der Waals surface area contributed by atoms with Crippen LogP contribution in [0.2, 0.25) is 0 Å². The van der Waals surface area contributed by atoms with E-state index in [0.29, 0.717) is 23.7 Å². The second kappa shape index (κ2) is 9.26. The molecule has 0 aliphatic heterocycles. The summed E-state index contributed by atoms with van der Waals surface area (Å²) >= 11 is 3.32. The molecule has 25 heavy (non-hydrogen) atoms. The van der Waals surface area contributed by atoms with Gasteiger partial charge in [-0.2, -0.15) is 0 Å². The number of carbonyl (C=O) groups is 2. The first-order valence-electron chi connectivity index (χ1n) is 7.82. The summed E-state index contributed by atoms with van der Waals surface area (Å²) in [6.45, 7) is 2.64. The van der Waals surface area contributed by atoms with E-state index >= 15 is 0 Å². The van der Waals surface area contributed by atoms with Crippen molar-refractivity contribution in [2.24, 2.45) is 0 Å². The minimum atomic E-state index is -0.478. The number of hydrogen-bond donors (Lipinski definition) is 0. The number of methoxy groups -OCH3 is 1. The average molecular weight is 411 g/mol. The number of aromatic nitrogens is 4. The molecule has 0 radical (unpaired) electrons. The lowest BCUT2D eigenvalue weighted by atomic mass is 10.1. The van der Waals surface area contributed by atoms with E-state index in [1.54, 1.807) is 22.9 Å². The maximum Gasteiger partial charge on any atom is 0.306 e. The topological polar surface area (TPSA) is 96.2 Å². The molecule has 0 saturated heterocycles. The highest BCUT2D eigenvalue weighted by atomic mass is 79.9. The molecule has 0 unspecified atom stereocenters. The Hall–Kier alpha value is -2.29. The van der Waals surface area contributed by atoms with Crippen LogP contribution in [0.4, 0.5) is 0 Å². The zero-order chi connectivity index (χ0) is 18.2. The minimum absolute atomic E-state index is 0.0137. The molecular weight excluding hydrogens is 392 g/mol. The van der Waals surface area contributed by atoms with Crippen molar-refractivity contribution in [3.63, 3.8) is 0 Å². The van der Waals surface area contributed by atoms with Crippen molar-refractivity contribution in [3.8, 4) is 5.75 Å². The third kappa shape index (κ3) is 5.35. The molecule has 134 valence electrons. The summed E-state index contributed by atoms with van der Waals surface area (Å²) < 4.78 is 12.7. The maximum atomic E-state index is 12.3. The number of hydrogen-bond acceptors (Lipinski definition) is 7. The van der Waals surface area contributed by atoms with Crippen molar-refractivity contribution in [1.29, 1.82) is 0 Å². The number of halogens is 1. The quantitative estimate of drug-likeness (QED) is 0.462. The van der Waals surface area contributed by atoms with Crippen molar-refractivity contribution < 1.29 is 19.1 Å². The van der Waals surface area contributed by atoms with Crippen LogP contribution >= 0.6 is 15.9 Å². The largest absolute Gasteiger partial charge is 0.496 e. The Morgan fingerprint density at radius 2 is 2.08 bits per heavy atom. The monoisotopic (exact) mass is 410 g/mol. The first-order valence-corrected chi connectivity index (χ1v) is 8.61. The van der Waals surface area contributed by atoms with Gasteiger partial charge >= 0.3 is 5.97 Å². The SMILES string of the molecule is CCCn1nnnc1COC(=O)CCC(=O)c1cc(Br)ccc1OC. The second-order valence-electron chi connectivity index (χ2n) is 5.25. The first-order chi connectivity index (χ1) is 12.0. The second-order valence-corrected chi connectivity index (χ2v) is 6.16. The molecule has 2 aromatic rings. The van der Waals surface area contributed by atoms with Gasteiger partial charge in [0.1, 0.15) is 5.75 Å². The van der Waals surface area contributed by atoms with Crippen molar-refractivity contribution >= 4 is 27.7 Å². The third-order valence-electron chi connectivity index (χ3n) is 3.42. The lowest BCUT2D eigenvalue weighted by Crippen LogP contribution is -2.12. The molecule has 2 rings (SSSR count). The normalized spacial score (nSPS) is 10.5. The number of rotatable bonds is 9. The van der Waals surface area contributed by atoms with Gasteiger partial charge in [-0.25, -0.2) is 4.68 Å². The van der Waals surface area contributed by atoms with Crippen molar-refractivity contribution in [2.45, 2.75) is 39.3 Å². The number of benzene rings is 1. The van der Waals surface area contributed by atoms with E-state index in [2.05, 4.69) is 31.5 Å². The molecule has 0 fully saturated rings. The van der Waals surface area contributed by atoms with E-state index in [1.807, 2.05) is 6.92 Å². The summed E-state index contributed by atoms with van der Waals surface area (Å²) in [7, 11) is 1.49. The van der Waals surface area contributed by atoms with E-state index in [4.69, 9.17) is 9.47 Å². The number of aryl methyl sites for hydroxylation is 1. The third-order valence-corrected chi connectivity index (χ3v) is 3.92. The minimum Gasteiger partial charge on any atom is -0.496 e. The summed E-state index contributed by atoms with van der Waals surface area (Å²) in [6, 6.07) is 5.15. The average Bonchev–Trinajstić information content (AvgIpc) is 3.05. The Morgan fingerprint density at radius 3 is 2.80 bits per heavy atom. The van der Waals surface area contributed by atoms with E-state index in [-0.39, 0.29) is 25.2 Å². The lowest BCUT2D eigenvalue weighted by molar-refractivity contribution is -0.145. The van der Waals surface area contributed by atoms with Crippen LogP contribution in [0.25, 0.3) is 0 Å². The van der Waals surface area contributed by atoms with E-state index in [0.717, 1.165) is 10.9 Å². The number of esters is 1. The van der Waals surface area contributed by atoms with Gasteiger partial charge in [0.2, 0.25) is 0 Å². The fourth-order valence-electron chi connectivity index (χ4n) is 2.18. The molecule has 0 spiro atoms. The van der Waals surface area contributed by atoms with E-state index in [9.17, 15) is 9.59 Å². The van der Waals surface area contributed by atoms with Crippen LogP contribution in [0, 0.1) is 0 Å². The smallest absolute Gasteiger partial charge is 0.306 e.